The van der Waals surface area contributed by atoms with Crippen LogP contribution < -0.4 is 0 Å². The monoisotopic (exact) mass is 115 g/mol. The molecule has 0 N–H and O–H groups in total. The molecular formula is C7H15O. The van der Waals surface area contributed by atoms with E-state index in [1.165, 1.54) is 6.42 Å². The highest BCUT2D eigenvalue weighted by atomic mass is 16.2. The molecule has 0 spiro atoms. The first-order valence-electron chi connectivity index (χ1n) is 3.39. The van der Waals surface area contributed by atoms with Crippen molar-refractivity contribution in [3.05, 3.63) is 0 Å². The van der Waals surface area contributed by atoms with Gasteiger partial charge < -0.3 is 0 Å². The van der Waals surface area contributed by atoms with Gasteiger partial charge in [-0.25, -0.2) is 5.11 Å². The van der Waals surface area contributed by atoms with E-state index in [0.717, 1.165) is 18.8 Å². The van der Waals surface area contributed by atoms with Crippen LogP contribution in [0.3, 0.4) is 0 Å². The van der Waals surface area contributed by atoms with Crippen molar-refractivity contribution in [3.8, 4) is 0 Å². The molecule has 0 aliphatic carbocycles. The van der Waals surface area contributed by atoms with Crippen LogP contribution in [-0.4, -0.2) is 6.61 Å². The van der Waals surface area contributed by atoms with E-state index in [-0.39, 0.29) is 6.61 Å². The average Bonchev–Trinajstić information content (AvgIpc) is 1.83. The summed E-state index contributed by atoms with van der Waals surface area (Å²) in [5.74, 6) is 0.754. The highest BCUT2D eigenvalue weighted by Crippen LogP contribution is 2.07. The smallest absolute Gasteiger partial charge is 0.0822 e. The van der Waals surface area contributed by atoms with E-state index in [0.29, 0.717) is 0 Å². The molecular weight excluding hydrogens is 100 g/mol. The van der Waals surface area contributed by atoms with Gasteiger partial charge in [0.1, 0.15) is 0 Å². The topological polar surface area (TPSA) is 19.9 Å². The summed E-state index contributed by atoms with van der Waals surface area (Å²) in [7, 11) is 0. The maximum atomic E-state index is 9.95. The molecule has 0 aliphatic heterocycles. The molecule has 0 heterocycles. The Morgan fingerprint density at radius 3 is 2.50 bits per heavy atom. The van der Waals surface area contributed by atoms with Crippen LogP contribution in [0.4, 0.5) is 0 Å². The highest BCUT2D eigenvalue weighted by Gasteiger charge is 1.95. The minimum atomic E-state index is 0.102. The molecule has 0 aromatic rings. The minimum Gasteiger partial charge on any atom is -0.237 e. The fraction of sp³-hybridized carbons (Fsp3) is 1.00. The zero-order valence-electron chi connectivity index (χ0n) is 5.81. The van der Waals surface area contributed by atoms with Gasteiger partial charge in [-0.1, -0.05) is 20.3 Å². The maximum absolute atomic E-state index is 9.95. The van der Waals surface area contributed by atoms with Crippen LogP contribution >= 0.6 is 0 Å². The Labute approximate surface area is 51.7 Å². The second kappa shape index (κ2) is 5.10. The predicted octanol–water partition coefficient (Wildman–Crippen LogP) is 2.24. The summed E-state index contributed by atoms with van der Waals surface area (Å²) in [5.41, 5.74) is 0. The third-order valence-corrected chi connectivity index (χ3v) is 1.54. The van der Waals surface area contributed by atoms with Crippen LogP contribution in [0.5, 0.6) is 0 Å². The van der Waals surface area contributed by atoms with E-state index in [1.807, 2.05) is 0 Å². The van der Waals surface area contributed by atoms with Crippen molar-refractivity contribution in [3.63, 3.8) is 0 Å². The van der Waals surface area contributed by atoms with Crippen molar-refractivity contribution in [2.24, 2.45) is 5.92 Å². The lowest BCUT2D eigenvalue weighted by Gasteiger charge is -2.03. The van der Waals surface area contributed by atoms with Crippen LogP contribution in [0, 0.1) is 5.92 Å². The Balaban J connectivity index is 2.86. The molecule has 0 aromatic heterocycles. The average molecular weight is 115 g/mol. The molecule has 0 rings (SSSR count). The zero-order chi connectivity index (χ0) is 6.41. The van der Waals surface area contributed by atoms with Crippen molar-refractivity contribution in [2.45, 2.75) is 33.1 Å². The largest absolute Gasteiger partial charge is 0.237 e. The van der Waals surface area contributed by atoms with Gasteiger partial charge in [-0.3, -0.25) is 0 Å². The quantitative estimate of drug-likeness (QED) is 0.535. The third kappa shape index (κ3) is 4.13. The molecule has 1 nitrogen and oxygen atoms in total. The van der Waals surface area contributed by atoms with Crippen molar-refractivity contribution < 1.29 is 5.11 Å². The summed E-state index contributed by atoms with van der Waals surface area (Å²) in [6.07, 6.45) is 3.18. The Morgan fingerprint density at radius 1 is 1.50 bits per heavy atom. The summed E-state index contributed by atoms with van der Waals surface area (Å²) >= 11 is 0. The van der Waals surface area contributed by atoms with Crippen molar-refractivity contribution in [1.82, 2.24) is 0 Å². The summed E-state index contributed by atoms with van der Waals surface area (Å²) in [6.45, 7) is 4.45. The van der Waals surface area contributed by atoms with Gasteiger partial charge in [0.25, 0.3) is 0 Å². The standard InChI is InChI=1S/C7H15O/c1-3-7(2)5-4-6-8/h7H,3-6H2,1-2H3. The Kier molecular flexibility index (Phi) is 5.08. The first-order chi connectivity index (χ1) is 3.81. The Bertz CT molecular complexity index is 43.7. The molecule has 0 aromatic carbocycles. The Morgan fingerprint density at radius 2 is 2.12 bits per heavy atom. The lowest BCUT2D eigenvalue weighted by molar-refractivity contribution is 0.181. The molecule has 1 radical (unpaired) electrons. The molecule has 0 saturated heterocycles. The van der Waals surface area contributed by atoms with Gasteiger partial charge in [-0.15, -0.1) is 0 Å². The van der Waals surface area contributed by atoms with Gasteiger partial charge in [0, 0.05) is 0 Å². The fourth-order valence-electron chi connectivity index (χ4n) is 0.636. The second-order valence-corrected chi connectivity index (χ2v) is 2.36. The predicted molar refractivity (Wildman–Crippen MR) is 34.2 cm³/mol. The van der Waals surface area contributed by atoms with Crippen molar-refractivity contribution >= 4 is 0 Å². The van der Waals surface area contributed by atoms with E-state index < -0.39 is 0 Å². The van der Waals surface area contributed by atoms with Gasteiger partial charge in [0.2, 0.25) is 0 Å². The van der Waals surface area contributed by atoms with E-state index >= 15 is 0 Å². The molecule has 0 fully saturated rings. The zero-order valence-corrected chi connectivity index (χ0v) is 5.81. The van der Waals surface area contributed by atoms with Crippen molar-refractivity contribution in [2.75, 3.05) is 6.61 Å². The second-order valence-electron chi connectivity index (χ2n) is 2.36. The van der Waals surface area contributed by atoms with Crippen LogP contribution in [-0.2, 0) is 5.11 Å². The molecule has 1 atom stereocenters. The molecule has 0 aliphatic rings. The first-order valence-corrected chi connectivity index (χ1v) is 3.39. The summed E-state index contributed by atoms with van der Waals surface area (Å²) in [4.78, 5) is 0. The van der Waals surface area contributed by atoms with Gasteiger partial charge in [-0.2, -0.15) is 0 Å². The highest BCUT2D eigenvalue weighted by molar-refractivity contribution is 4.47. The maximum Gasteiger partial charge on any atom is 0.0822 e. The summed E-state index contributed by atoms with van der Waals surface area (Å²) < 4.78 is 0. The molecule has 1 heteroatoms. The lowest BCUT2D eigenvalue weighted by Crippen LogP contribution is -1.92. The molecule has 8 heavy (non-hydrogen) atoms. The van der Waals surface area contributed by atoms with Crippen LogP contribution in [0.1, 0.15) is 33.1 Å². The van der Waals surface area contributed by atoms with Crippen LogP contribution in [0.15, 0.2) is 0 Å². The van der Waals surface area contributed by atoms with Gasteiger partial charge in [0.05, 0.1) is 6.61 Å². The number of rotatable bonds is 4. The van der Waals surface area contributed by atoms with Gasteiger partial charge >= 0.3 is 0 Å². The SMILES string of the molecule is CCC(C)CCC[O]. The van der Waals surface area contributed by atoms with E-state index in [1.54, 1.807) is 0 Å². The fourth-order valence-corrected chi connectivity index (χ4v) is 0.636. The van der Waals surface area contributed by atoms with Crippen LogP contribution in [0.2, 0.25) is 0 Å². The summed E-state index contributed by atoms with van der Waals surface area (Å²) in [5, 5.41) is 9.95. The van der Waals surface area contributed by atoms with Gasteiger partial charge in [-0.05, 0) is 18.8 Å². The van der Waals surface area contributed by atoms with Crippen molar-refractivity contribution in [1.29, 1.82) is 0 Å². The third-order valence-electron chi connectivity index (χ3n) is 1.54. The lowest BCUT2D eigenvalue weighted by atomic mass is 10.0. The molecule has 0 saturated carbocycles. The normalized spacial score (nSPS) is 13.9. The van der Waals surface area contributed by atoms with E-state index in [9.17, 15) is 5.11 Å². The Hall–Kier alpha value is -0.0400. The first kappa shape index (κ1) is 7.96. The molecule has 0 bridgehead atoms. The molecule has 1 unspecified atom stereocenters. The van der Waals surface area contributed by atoms with Crippen LogP contribution in [0.25, 0.3) is 0 Å². The molecule has 49 valence electrons. The van der Waals surface area contributed by atoms with Gasteiger partial charge in [0.15, 0.2) is 0 Å². The van der Waals surface area contributed by atoms with E-state index in [4.69, 9.17) is 0 Å². The number of hydrogen-bond donors (Lipinski definition) is 0. The van der Waals surface area contributed by atoms with E-state index in [2.05, 4.69) is 13.8 Å². The number of hydrogen-bond acceptors (Lipinski definition) is 0. The minimum absolute atomic E-state index is 0.102. The summed E-state index contributed by atoms with van der Waals surface area (Å²) in [6, 6.07) is 0. The molecule has 0 amide bonds.